The van der Waals surface area contributed by atoms with E-state index in [0.29, 0.717) is 16.9 Å². The largest absolute Gasteiger partial charge is 0.507 e. The molecule has 0 aliphatic heterocycles. The van der Waals surface area contributed by atoms with Crippen LogP contribution in [0.5, 0.6) is 5.75 Å². The van der Waals surface area contributed by atoms with Gasteiger partial charge in [-0.1, -0.05) is 36.4 Å². The number of ether oxygens (including phenoxy) is 1. The van der Waals surface area contributed by atoms with Gasteiger partial charge in [0.25, 0.3) is 0 Å². The number of esters is 1. The standard InChI is InChI=1S/C14H12O3/c1-10(15)17-13-9-5-4-8-12(13)14(16)11-6-2-3-7-11/h2-9,16H,1H3. The predicted molar refractivity (Wildman–Crippen MR) is 65.6 cm³/mol. The van der Waals surface area contributed by atoms with Crippen LogP contribution in [0, 0.1) is 0 Å². The first-order chi connectivity index (χ1) is 8.18. The molecule has 0 aromatic heterocycles. The summed E-state index contributed by atoms with van der Waals surface area (Å²) >= 11 is 0. The Morgan fingerprint density at radius 3 is 2.47 bits per heavy atom. The molecule has 3 nitrogen and oxygen atoms in total. The third kappa shape index (κ3) is 2.45. The zero-order valence-corrected chi connectivity index (χ0v) is 9.38. The van der Waals surface area contributed by atoms with Crippen LogP contribution in [0.2, 0.25) is 0 Å². The molecule has 0 fully saturated rings. The Morgan fingerprint density at radius 2 is 1.82 bits per heavy atom. The van der Waals surface area contributed by atoms with Crippen LogP contribution in [0.3, 0.4) is 0 Å². The van der Waals surface area contributed by atoms with Crippen molar-refractivity contribution in [3.8, 4) is 5.75 Å². The summed E-state index contributed by atoms with van der Waals surface area (Å²) in [6.45, 7) is 1.33. The second-order valence-corrected chi connectivity index (χ2v) is 3.61. The Balaban J connectivity index is 2.45. The molecule has 0 heterocycles. The minimum absolute atomic E-state index is 0.104. The summed E-state index contributed by atoms with van der Waals surface area (Å²) < 4.78 is 5.04. The summed E-state index contributed by atoms with van der Waals surface area (Å²) in [6.07, 6.45) is 7.25. The molecule has 0 saturated carbocycles. The van der Waals surface area contributed by atoms with E-state index in [4.69, 9.17) is 4.74 Å². The van der Waals surface area contributed by atoms with Crippen molar-refractivity contribution in [2.45, 2.75) is 6.92 Å². The molecule has 0 amide bonds. The third-order valence-corrected chi connectivity index (χ3v) is 2.33. The van der Waals surface area contributed by atoms with Gasteiger partial charge in [-0.3, -0.25) is 4.79 Å². The molecule has 0 atom stereocenters. The van der Waals surface area contributed by atoms with Crippen LogP contribution >= 0.6 is 0 Å². The monoisotopic (exact) mass is 228 g/mol. The number of hydrogen-bond acceptors (Lipinski definition) is 3. The van der Waals surface area contributed by atoms with Crippen molar-refractivity contribution in [3.05, 3.63) is 59.7 Å². The van der Waals surface area contributed by atoms with Crippen molar-refractivity contribution in [3.63, 3.8) is 0 Å². The van der Waals surface area contributed by atoms with Gasteiger partial charge >= 0.3 is 5.97 Å². The van der Waals surface area contributed by atoms with E-state index in [2.05, 4.69) is 0 Å². The third-order valence-electron chi connectivity index (χ3n) is 2.33. The first kappa shape index (κ1) is 11.2. The summed E-state index contributed by atoms with van der Waals surface area (Å²) in [5.74, 6) is 0.0540. The van der Waals surface area contributed by atoms with Crippen molar-refractivity contribution >= 4 is 11.7 Å². The minimum atomic E-state index is -0.409. The normalized spacial score (nSPS) is 12.9. The molecule has 3 heteroatoms. The molecule has 0 saturated heterocycles. The van der Waals surface area contributed by atoms with Crippen LogP contribution < -0.4 is 4.74 Å². The van der Waals surface area contributed by atoms with Crippen LogP contribution in [0.4, 0.5) is 0 Å². The van der Waals surface area contributed by atoms with Gasteiger partial charge in [0, 0.05) is 12.5 Å². The van der Waals surface area contributed by atoms with E-state index in [0.717, 1.165) is 0 Å². The Hall–Kier alpha value is -2.29. The van der Waals surface area contributed by atoms with E-state index >= 15 is 0 Å². The number of aliphatic hydroxyl groups excluding tert-OH is 1. The molecule has 1 aliphatic carbocycles. The highest BCUT2D eigenvalue weighted by molar-refractivity contribution is 5.76. The molecular formula is C14H12O3. The number of aliphatic hydroxyl groups is 1. The van der Waals surface area contributed by atoms with Gasteiger partial charge in [-0.25, -0.2) is 0 Å². The zero-order chi connectivity index (χ0) is 12.3. The topological polar surface area (TPSA) is 46.5 Å². The zero-order valence-electron chi connectivity index (χ0n) is 9.38. The van der Waals surface area contributed by atoms with Crippen LogP contribution in [0.15, 0.2) is 54.1 Å². The van der Waals surface area contributed by atoms with Gasteiger partial charge in [0.15, 0.2) is 0 Å². The second-order valence-electron chi connectivity index (χ2n) is 3.61. The molecule has 1 aromatic rings. The lowest BCUT2D eigenvalue weighted by Gasteiger charge is -2.09. The van der Waals surface area contributed by atoms with Gasteiger partial charge < -0.3 is 9.84 Å². The average Bonchev–Trinajstić information content (AvgIpc) is 2.81. The maximum Gasteiger partial charge on any atom is 0.308 e. The minimum Gasteiger partial charge on any atom is -0.507 e. The smallest absolute Gasteiger partial charge is 0.308 e. The first-order valence-corrected chi connectivity index (χ1v) is 5.24. The molecule has 1 N–H and O–H groups in total. The summed E-state index contributed by atoms with van der Waals surface area (Å²) in [7, 11) is 0. The Bertz CT molecular complexity index is 522. The number of allylic oxidation sites excluding steroid dienone is 5. The Kier molecular flexibility index (Phi) is 3.10. The van der Waals surface area contributed by atoms with Gasteiger partial charge in [-0.15, -0.1) is 0 Å². The van der Waals surface area contributed by atoms with E-state index in [1.165, 1.54) is 6.92 Å². The molecular weight excluding hydrogens is 216 g/mol. The SMILES string of the molecule is CC(=O)Oc1ccccc1C(O)=C1C=CC=C1. The molecule has 0 spiro atoms. The summed E-state index contributed by atoms with van der Waals surface area (Å²) in [4.78, 5) is 11.0. The number of benzene rings is 1. The molecule has 0 radical (unpaired) electrons. The fourth-order valence-electron chi connectivity index (χ4n) is 1.59. The summed E-state index contributed by atoms with van der Waals surface area (Å²) in [5, 5.41) is 10.1. The number of hydrogen-bond donors (Lipinski definition) is 1. The summed E-state index contributed by atoms with van der Waals surface area (Å²) in [6, 6.07) is 6.89. The van der Waals surface area contributed by atoms with Crippen LogP contribution in [-0.2, 0) is 4.79 Å². The lowest BCUT2D eigenvalue weighted by atomic mass is 10.1. The van der Waals surface area contributed by atoms with Crippen molar-refractivity contribution in [2.75, 3.05) is 0 Å². The fourth-order valence-corrected chi connectivity index (χ4v) is 1.59. The average molecular weight is 228 g/mol. The molecule has 86 valence electrons. The highest BCUT2D eigenvalue weighted by Crippen LogP contribution is 2.28. The highest BCUT2D eigenvalue weighted by atomic mass is 16.5. The quantitative estimate of drug-likeness (QED) is 0.481. The van der Waals surface area contributed by atoms with Crippen molar-refractivity contribution in [2.24, 2.45) is 0 Å². The highest BCUT2D eigenvalue weighted by Gasteiger charge is 2.12. The van der Waals surface area contributed by atoms with Crippen molar-refractivity contribution in [1.82, 2.24) is 0 Å². The van der Waals surface area contributed by atoms with E-state index < -0.39 is 5.97 Å². The second kappa shape index (κ2) is 4.70. The number of carbonyl (C=O) groups excluding carboxylic acids is 1. The molecule has 0 bridgehead atoms. The van der Waals surface area contributed by atoms with Crippen LogP contribution in [0.1, 0.15) is 12.5 Å². The molecule has 2 rings (SSSR count). The molecule has 1 aliphatic rings. The lowest BCUT2D eigenvalue weighted by Crippen LogP contribution is -2.04. The van der Waals surface area contributed by atoms with Crippen LogP contribution in [-0.4, -0.2) is 11.1 Å². The lowest BCUT2D eigenvalue weighted by molar-refractivity contribution is -0.131. The van der Waals surface area contributed by atoms with E-state index in [1.807, 2.05) is 12.2 Å². The molecule has 1 aromatic carbocycles. The van der Waals surface area contributed by atoms with Gasteiger partial charge in [-0.05, 0) is 12.1 Å². The van der Waals surface area contributed by atoms with Gasteiger partial charge in [-0.2, -0.15) is 0 Å². The maximum atomic E-state index is 11.0. The van der Waals surface area contributed by atoms with E-state index in [1.54, 1.807) is 36.4 Å². The number of rotatable bonds is 2. The van der Waals surface area contributed by atoms with E-state index in [9.17, 15) is 9.90 Å². The fraction of sp³-hybridized carbons (Fsp3) is 0.0714. The first-order valence-electron chi connectivity index (χ1n) is 5.24. The number of para-hydroxylation sites is 1. The predicted octanol–water partition coefficient (Wildman–Crippen LogP) is 3.01. The Labute approximate surface area is 99.3 Å². The van der Waals surface area contributed by atoms with Gasteiger partial charge in [0.1, 0.15) is 11.5 Å². The van der Waals surface area contributed by atoms with Crippen LogP contribution in [0.25, 0.3) is 5.76 Å². The van der Waals surface area contributed by atoms with E-state index in [-0.39, 0.29) is 5.76 Å². The maximum absolute atomic E-state index is 11.0. The molecule has 17 heavy (non-hydrogen) atoms. The number of carbonyl (C=O) groups is 1. The van der Waals surface area contributed by atoms with Crippen molar-refractivity contribution < 1.29 is 14.6 Å². The van der Waals surface area contributed by atoms with Gasteiger partial charge in [0.2, 0.25) is 0 Å². The molecule has 0 unspecified atom stereocenters. The Morgan fingerprint density at radius 1 is 1.18 bits per heavy atom. The summed E-state index contributed by atoms with van der Waals surface area (Å²) in [5.41, 5.74) is 1.21. The van der Waals surface area contributed by atoms with Gasteiger partial charge in [0.05, 0.1) is 5.56 Å². The van der Waals surface area contributed by atoms with Crippen molar-refractivity contribution in [1.29, 1.82) is 0 Å².